The first kappa shape index (κ1) is 26.2. The summed E-state index contributed by atoms with van der Waals surface area (Å²) in [5.41, 5.74) is 6.76. The summed E-state index contributed by atoms with van der Waals surface area (Å²) in [6, 6.07) is 22.2. The van der Waals surface area contributed by atoms with Crippen molar-refractivity contribution in [2.24, 2.45) is 5.10 Å². The Hall–Kier alpha value is -4.46. The first-order chi connectivity index (χ1) is 17.3. The molecule has 0 aliphatic rings. The maximum Gasteiger partial charge on any atom is 0.329 e. The van der Waals surface area contributed by atoms with E-state index in [-0.39, 0.29) is 19.1 Å². The molecule has 0 aromatic heterocycles. The molecule has 0 unspecified atom stereocenters. The van der Waals surface area contributed by atoms with E-state index in [2.05, 4.69) is 35.0 Å². The van der Waals surface area contributed by atoms with Gasteiger partial charge in [0.15, 0.2) is 6.61 Å². The highest BCUT2D eigenvalue weighted by molar-refractivity contribution is 6.35. The van der Waals surface area contributed by atoms with Crippen molar-refractivity contribution in [3.05, 3.63) is 95.1 Å². The third-order valence-corrected chi connectivity index (χ3v) is 5.24. The van der Waals surface area contributed by atoms with Crippen LogP contribution in [0.1, 0.15) is 42.0 Å². The second-order valence-electron chi connectivity index (χ2n) is 8.55. The third kappa shape index (κ3) is 8.39. The van der Waals surface area contributed by atoms with Crippen molar-refractivity contribution in [1.82, 2.24) is 10.7 Å². The molecule has 0 bridgehead atoms. The predicted molar refractivity (Wildman–Crippen MR) is 140 cm³/mol. The van der Waals surface area contributed by atoms with Gasteiger partial charge in [-0.05, 0) is 71.5 Å². The van der Waals surface area contributed by atoms with Gasteiger partial charge < -0.3 is 15.4 Å². The highest BCUT2D eigenvalue weighted by Gasteiger charge is 2.12. The summed E-state index contributed by atoms with van der Waals surface area (Å²) in [4.78, 5) is 36.0. The van der Waals surface area contributed by atoms with Crippen LogP contribution in [0.4, 0.5) is 5.69 Å². The van der Waals surface area contributed by atoms with Crippen LogP contribution in [-0.2, 0) is 20.9 Å². The number of benzene rings is 3. The van der Waals surface area contributed by atoms with E-state index in [1.54, 1.807) is 24.3 Å². The first-order valence-electron chi connectivity index (χ1n) is 11.6. The highest BCUT2D eigenvalue weighted by atomic mass is 16.5. The van der Waals surface area contributed by atoms with Gasteiger partial charge in [-0.1, -0.05) is 50.2 Å². The molecular weight excluding hydrogens is 456 g/mol. The lowest BCUT2D eigenvalue weighted by molar-refractivity contribution is -0.139. The highest BCUT2D eigenvalue weighted by Crippen LogP contribution is 2.15. The molecule has 0 atom stereocenters. The average molecular weight is 487 g/mol. The Morgan fingerprint density at radius 3 is 2.33 bits per heavy atom. The quantitative estimate of drug-likeness (QED) is 0.242. The van der Waals surface area contributed by atoms with E-state index in [1.807, 2.05) is 55.5 Å². The van der Waals surface area contributed by atoms with Crippen molar-refractivity contribution < 1.29 is 19.1 Å². The Kier molecular flexibility index (Phi) is 9.33. The molecule has 3 amide bonds. The molecule has 0 heterocycles. The smallest absolute Gasteiger partial charge is 0.329 e. The zero-order valence-corrected chi connectivity index (χ0v) is 20.6. The second-order valence-corrected chi connectivity index (χ2v) is 8.55. The van der Waals surface area contributed by atoms with Crippen LogP contribution in [-0.4, -0.2) is 30.5 Å². The molecule has 0 fully saturated rings. The topological polar surface area (TPSA) is 109 Å². The van der Waals surface area contributed by atoms with E-state index >= 15 is 0 Å². The number of hydrogen-bond donors (Lipinski definition) is 3. The lowest BCUT2D eigenvalue weighted by Crippen LogP contribution is -2.37. The van der Waals surface area contributed by atoms with E-state index in [0.29, 0.717) is 22.9 Å². The number of carbonyl (C=O) groups excluding carboxylic acids is 3. The van der Waals surface area contributed by atoms with E-state index in [9.17, 15) is 14.4 Å². The lowest BCUT2D eigenvalue weighted by Gasteiger charge is -2.08. The number of nitrogens with one attached hydrogen (secondary N) is 3. The molecule has 36 heavy (non-hydrogen) atoms. The van der Waals surface area contributed by atoms with E-state index in [1.165, 1.54) is 11.8 Å². The van der Waals surface area contributed by atoms with Crippen molar-refractivity contribution in [3.8, 4) is 5.75 Å². The van der Waals surface area contributed by atoms with Gasteiger partial charge in [0.25, 0.3) is 5.91 Å². The molecular formula is C28H30N4O4. The summed E-state index contributed by atoms with van der Waals surface area (Å²) < 4.78 is 5.50. The molecule has 0 radical (unpaired) electrons. The molecule has 0 aliphatic heterocycles. The Bertz CT molecular complexity index is 1220. The fourth-order valence-corrected chi connectivity index (χ4v) is 3.22. The van der Waals surface area contributed by atoms with Gasteiger partial charge in [0.05, 0.1) is 6.21 Å². The standard InChI is InChI=1S/C28H30N4O4/c1-19(2)23-11-7-21(8-12-23)16-29-27(34)28(35)32-30-17-22-9-13-25(14-10-22)36-18-26(33)31-24-6-4-5-20(3)15-24/h4-15,17,19H,16,18H2,1-3H3,(H,29,34)(H,31,33)(H,32,35)/b30-17-. The SMILES string of the molecule is Cc1cccc(NC(=O)COc2ccc(/C=N\NC(=O)C(=O)NCc3ccc(C(C)C)cc3)cc2)c1. The summed E-state index contributed by atoms with van der Waals surface area (Å²) in [5, 5.41) is 9.16. The largest absolute Gasteiger partial charge is 0.484 e. The van der Waals surface area contributed by atoms with Gasteiger partial charge >= 0.3 is 11.8 Å². The molecule has 3 rings (SSSR count). The van der Waals surface area contributed by atoms with Crippen LogP contribution in [0.2, 0.25) is 0 Å². The maximum absolute atomic E-state index is 12.1. The van der Waals surface area contributed by atoms with Gasteiger partial charge in [0, 0.05) is 12.2 Å². The fraction of sp³-hybridized carbons (Fsp3) is 0.214. The van der Waals surface area contributed by atoms with Crippen molar-refractivity contribution >= 4 is 29.6 Å². The number of nitrogens with zero attached hydrogens (tertiary/aromatic N) is 1. The van der Waals surface area contributed by atoms with Gasteiger partial charge in [0.2, 0.25) is 0 Å². The van der Waals surface area contributed by atoms with Crippen molar-refractivity contribution in [2.45, 2.75) is 33.2 Å². The molecule has 0 saturated heterocycles. The normalized spacial score (nSPS) is 10.8. The second kappa shape index (κ2) is 12.9. The molecule has 3 aromatic rings. The Morgan fingerprint density at radius 1 is 0.944 bits per heavy atom. The zero-order valence-electron chi connectivity index (χ0n) is 20.6. The van der Waals surface area contributed by atoms with Crippen LogP contribution in [0.15, 0.2) is 77.9 Å². The molecule has 8 heteroatoms. The van der Waals surface area contributed by atoms with Crippen LogP contribution in [0, 0.1) is 6.92 Å². The van der Waals surface area contributed by atoms with E-state index in [4.69, 9.17) is 4.74 Å². The Morgan fingerprint density at radius 2 is 1.67 bits per heavy atom. The van der Waals surface area contributed by atoms with Gasteiger partial charge in [0.1, 0.15) is 5.75 Å². The lowest BCUT2D eigenvalue weighted by atomic mass is 10.0. The molecule has 3 N–H and O–H groups in total. The summed E-state index contributed by atoms with van der Waals surface area (Å²) in [7, 11) is 0. The fourth-order valence-electron chi connectivity index (χ4n) is 3.22. The first-order valence-corrected chi connectivity index (χ1v) is 11.6. The maximum atomic E-state index is 12.1. The zero-order chi connectivity index (χ0) is 25.9. The van der Waals surface area contributed by atoms with Crippen LogP contribution in [0.5, 0.6) is 5.75 Å². The summed E-state index contributed by atoms with van der Waals surface area (Å²) in [6.07, 6.45) is 1.41. The van der Waals surface area contributed by atoms with Crippen LogP contribution in [0.25, 0.3) is 0 Å². The average Bonchev–Trinajstić information content (AvgIpc) is 2.87. The number of carbonyl (C=O) groups is 3. The summed E-state index contributed by atoms with van der Waals surface area (Å²) >= 11 is 0. The molecule has 3 aromatic carbocycles. The molecule has 0 spiro atoms. The molecule has 8 nitrogen and oxygen atoms in total. The number of amides is 3. The minimum absolute atomic E-state index is 0.131. The third-order valence-electron chi connectivity index (χ3n) is 5.24. The molecule has 0 saturated carbocycles. The van der Waals surface area contributed by atoms with Gasteiger partial charge in [-0.25, -0.2) is 5.43 Å². The minimum atomic E-state index is -0.857. The monoisotopic (exact) mass is 486 g/mol. The van der Waals surface area contributed by atoms with Crippen LogP contribution >= 0.6 is 0 Å². The number of hydrogen-bond acceptors (Lipinski definition) is 5. The van der Waals surface area contributed by atoms with Gasteiger partial charge in [-0.2, -0.15) is 5.10 Å². The predicted octanol–water partition coefficient (Wildman–Crippen LogP) is 3.90. The van der Waals surface area contributed by atoms with Crippen LogP contribution < -0.4 is 20.8 Å². The summed E-state index contributed by atoms with van der Waals surface area (Å²) in [5.74, 6) is -0.953. The number of rotatable bonds is 9. The van der Waals surface area contributed by atoms with Gasteiger partial charge in [-0.15, -0.1) is 0 Å². The number of hydrazone groups is 1. The van der Waals surface area contributed by atoms with Crippen molar-refractivity contribution in [2.75, 3.05) is 11.9 Å². The Balaban J connectivity index is 1.39. The Labute approximate surface area is 210 Å². The summed E-state index contributed by atoms with van der Waals surface area (Å²) in [6.45, 7) is 6.29. The van der Waals surface area contributed by atoms with E-state index < -0.39 is 11.8 Å². The van der Waals surface area contributed by atoms with E-state index in [0.717, 1.165) is 11.1 Å². The molecule has 186 valence electrons. The minimum Gasteiger partial charge on any atom is -0.484 e. The number of anilines is 1. The number of ether oxygens (including phenoxy) is 1. The van der Waals surface area contributed by atoms with Crippen molar-refractivity contribution in [1.29, 1.82) is 0 Å². The molecule has 0 aliphatic carbocycles. The number of aryl methyl sites for hydroxylation is 1. The van der Waals surface area contributed by atoms with Crippen LogP contribution in [0.3, 0.4) is 0 Å². The van der Waals surface area contributed by atoms with Gasteiger partial charge in [-0.3, -0.25) is 14.4 Å². The van der Waals surface area contributed by atoms with Crippen molar-refractivity contribution in [3.63, 3.8) is 0 Å².